The zero-order valence-corrected chi connectivity index (χ0v) is 23.4. The van der Waals surface area contributed by atoms with Gasteiger partial charge in [-0.25, -0.2) is 14.4 Å². The molecule has 2 atom stereocenters. The molecule has 2 amide bonds. The van der Waals surface area contributed by atoms with Gasteiger partial charge in [0.15, 0.2) is 25.5 Å². The normalized spacial score (nSPS) is 19.6. The Morgan fingerprint density at radius 2 is 1.31 bits per heavy atom. The zero-order valence-electron chi connectivity index (χ0n) is 23.4. The van der Waals surface area contributed by atoms with E-state index in [0.29, 0.717) is 12.8 Å². The number of pyridine rings is 2. The number of hydrogen-bond acceptors (Lipinski definition) is 5. The minimum Gasteiger partial charge on any atom is -0.481 e. The molecule has 0 aromatic carbocycles. The predicted octanol–water partition coefficient (Wildman–Crippen LogP) is 1.09. The van der Waals surface area contributed by atoms with Crippen molar-refractivity contribution in [3.05, 3.63) is 60.2 Å². The fourth-order valence-corrected chi connectivity index (χ4v) is 6.00. The molecule has 42 heavy (non-hydrogen) atoms. The number of nitrogens with one attached hydrogen (secondary N) is 2. The molecule has 4 rings (SSSR count). The Bertz CT molecular complexity index is 1300. The van der Waals surface area contributed by atoms with Crippen molar-refractivity contribution in [1.29, 1.82) is 0 Å². The van der Waals surface area contributed by atoms with E-state index in [0.717, 1.165) is 37.0 Å². The van der Waals surface area contributed by atoms with E-state index < -0.39 is 42.4 Å². The number of unbranched alkanes of at least 4 members (excludes halogenated alkanes) is 2. The number of aromatic nitrogens is 2. The predicted molar refractivity (Wildman–Crippen MR) is 144 cm³/mol. The zero-order chi connectivity index (χ0) is 30.3. The van der Waals surface area contributed by atoms with E-state index in [-0.39, 0.29) is 31.3 Å². The smallest absolute Gasteiger partial charge is 0.481 e. The van der Waals surface area contributed by atoms with Crippen molar-refractivity contribution in [3.8, 4) is 0 Å². The van der Waals surface area contributed by atoms with Gasteiger partial charge in [0.2, 0.25) is 11.4 Å². The summed E-state index contributed by atoms with van der Waals surface area (Å²) in [5, 5.41) is 31.6. The first-order chi connectivity index (χ1) is 20.1. The van der Waals surface area contributed by atoms with Gasteiger partial charge in [-0.05, 0) is 44.2 Å². The second kappa shape index (κ2) is 13.5. The molecule has 5 N–H and O–H groups in total. The number of carbonyl (C=O) groups excluding carboxylic acids is 2. The molecule has 4 heterocycles. The number of fused-ring (bicyclic) bond motifs is 5. The Morgan fingerprint density at radius 3 is 1.83 bits per heavy atom. The first kappa shape index (κ1) is 30.6. The van der Waals surface area contributed by atoms with E-state index in [4.69, 9.17) is 10.2 Å². The van der Waals surface area contributed by atoms with Gasteiger partial charge in [-0.3, -0.25) is 9.59 Å². The summed E-state index contributed by atoms with van der Waals surface area (Å²) in [5.74, 6) is -4.12. The third-order valence-electron chi connectivity index (χ3n) is 8.02. The Hall–Kier alpha value is -4.39. The molecule has 0 saturated heterocycles. The number of carbonyl (C=O) groups is 5. The van der Waals surface area contributed by atoms with Crippen LogP contribution in [-0.2, 0) is 32.3 Å². The van der Waals surface area contributed by atoms with Crippen LogP contribution in [0.3, 0.4) is 0 Å². The Morgan fingerprint density at radius 1 is 0.762 bits per heavy atom. The third-order valence-corrected chi connectivity index (χ3v) is 8.02. The maximum Gasteiger partial charge on any atom is 0.484 e. The van der Waals surface area contributed by atoms with Crippen molar-refractivity contribution < 1.29 is 52.9 Å². The van der Waals surface area contributed by atoms with E-state index in [2.05, 4.69) is 68.6 Å². The maximum atomic E-state index is 12.5. The maximum absolute atomic E-state index is 12.5. The van der Waals surface area contributed by atoms with Crippen molar-refractivity contribution in [2.75, 3.05) is 6.54 Å². The van der Waals surface area contributed by atoms with Gasteiger partial charge < -0.3 is 26.0 Å². The molecule has 0 unspecified atom stereocenters. The van der Waals surface area contributed by atoms with Crippen LogP contribution in [0.5, 0.6) is 0 Å². The van der Waals surface area contributed by atoms with Crippen LogP contribution in [0.1, 0.15) is 69.0 Å². The van der Waals surface area contributed by atoms with Gasteiger partial charge in [0.25, 0.3) is 0 Å². The molecule has 0 spiro atoms. The first-order valence-corrected chi connectivity index (χ1v) is 14.2. The summed E-state index contributed by atoms with van der Waals surface area (Å²) < 4.78 is 5.62. The number of hydrogen-bond donors (Lipinski definition) is 5. The lowest BCUT2D eigenvalue weighted by atomic mass is 10.0. The molecule has 224 valence electrons. The highest BCUT2D eigenvalue weighted by Gasteiger charge is 2.63. The lowest BCUT2D eigenvalue weighted by Gasteiger charge is -2.24. The summed E-state index contributed by atoms with van der Waals surface area (Å²) in [6.07, 6.45) is 6.23. The number of Topliss-reactive ketones (excluding diaryl/α,β-unsaturated/α-hetero) is 1. The van der Waals surface area contributed by atoms with E-state index in [1.54, 1.807) is 0 Å². The summed E-state index contributed by atoms with van der Waals surface area (Å²) in [6, 6.07) is 8.67. The second-order valence-corrected chi connectivity index (χ2v) is 11.0. The van der Waals surface area contributed by atoms with Crippen molar-refractivity contribution in [2.24, 2.45) is 0 Å². The van der Waals surface area contributed by atoms with Crippen LogP contribution < -0.4 is 19.8 Å². The van der Waals surface area contributed by atoms with Gasteiger partial charge in [0.1, 0.15) is 17.9 Å². The van der Waals surface area contributed by atoms with Crippen LogP contribution in [0.25, 0.3) is 0 Å². The van der Waals surface area contributed by atoms with Crippen molar-refractivity contribution >= 4 is 29.7 Å². The molecule has 2 aromatic heterocycles. The molecule has 0 aliphatic carbocycles. The van der Waals surface area contributed by atoms with Crippen LogP contribution in [0.4, 0.5) is 4.79 Å². The number of quaternary nitrogens is 1. The largest absolute Gasteiger partial charge is 0.484 e. The number of urea groups is 1. The fourth-order valence-electron chi connectivity index (χ4n) is 6.00. The van der Waals surface area contributed by atoms with E-state index >= 15 is 0 Å². The summed E-state index contributed by atoms with van der Waals surface area (Å²) in [7, 11) is 0. The SMILES string of the molecule is O=C(O)CC[C@H](NC(=O)N[C@@H](CCC(=O)CCCCC[N+]12Cc3cccc[n+]3C1[n+]1ccccc1C2)C(=O)O)C(=O)O. The van der Waals surface area contributed by atoms with Crippen molar-refractivity contribution in [3.63, 3.8) is 0 Å². The molecule has 2 aliphatic rings. The molecule has 0 fully saturated rings. The highest BCUT2D eigenvalue weighted by atomic mass is 16.4. The number of carboxylic acids is 3. The van der Waals surface area contributed by atoms with Crippen LogP contribution in [0.2, 0.25) is 0 Å². The number of rotatable bonds is 16. The van der Waals surface area contributed by atoms with Gasteiger partial charge in [0.05, 0.1) is 6.54 Å². The molecule has 0 bridgehead atoms. The van der Waals surface area contributed by atoms with Gasteiger partial charge in [-0.2, -0.15) is 4.48 Å². The number of amides is 2. The van der Waals surface area contributed by atoms with Gasteiger partial charge in [0, 0.05) is 43.5 Å². The number of ketones is 1. The molecular weight excluding hydrogens is 546 g/mol. The van der Waals surface area contributed by atoms with Gasteiger partial charge >= 0.3 is 30.2 Å². The summed E-state index contributed by atoms with van der Waals surface area (Å²) in [4.78, 5) is 58.2. The molecule has 0 saturated carbocycles. The van der Waals surface area contributed by atoms with E-state index in [1.807, 2.05) is 0 Å². The van der Waals surface area contributed by atoms with E-state index in [1.165, 1.54) is 11.4 Å². The summed E-state index contributed by atoms with van der Waals surface area (Å²) >= 11 is 0. The summed E-state index contributed by atoms with van der Waals surface area (Å²) in [5.41, 5.74) is 2.60. The van der Waals surface area contributed by atoms with Crippen LogP contribution in [-0.4, -0.2) is 68.2 Å². The Kier molecular flexibility index (Phi) is 9.84. The first-order valence-electron chi connectivity index (χ1n) is 14.2. The monoisotopic (exact) mass is 584 g/mol. The van der Waals surface area contributed by atoms with Crippen LogP contribution >= 0.6 is 0 Å². The van der Waals surface area contributed by atoms with Gasteiger partial charge in [-0.15, -0.1) is 0 Å². The lowest BCUT2D eigenvalue weighted by Crippen LogP contribution is -2.62. The highest BCUT2D eigenvalue weighted by molar-refractivity contribution is 5.87. The molecule has 2 aromatic rings. The highest BCUT2D eigenvalue weighted by Crippen LogP contribution is 2.34. The number of nitrogens with zero attached hydrogens (tertiary/aromatic N) is 3. The molecule has 0 radical (unpaired) electrons. The Balaban J connectivity index is 1.20. The van der Waals surface area contributed by atoms with Gasteiger partial charge in [-0.1, -0.05) is 9.13 Å². The summed E-state index contributed by atoms with van der Waals surface area (Å²) in [6.45, 7) is 2.85. The average molecular weight is 585 g/mol. The Labute approximate surface area is 243 Å². The fraction of sp³-hybridized carbons (Fsp3) is 0.483. The minimum absolute atomic E-state index is 0.0431. The third kappa shape index (κ3) is 7.27. The molecule has 13 nitrogen and oxygen atoms in total. The van der Waals surface area contributed by atoms with Crippen molar-refractivity contribution in [2.45, 2.75) is 82.8 Å². The van der Waals surface area contributed by atoms with Crippen LogP contribution in [0.15, 0.2) is 48.8 Å². The minimum atomic E-state index is -1.49. The molecule has 13 heteroatoms. The van der Waals surface area contributed by atoms with E-state index in [9.17, 15) is 29.1 Å². The van der Waals surface area contributed by atoms with Crippen LogP contribution in [0, 0.1) is 0 Å². The standard InChI is InChI=1S/C29H35N5O8/c35-22(11-12-23(26(38)39)30-28(42)31-24(27(40)41)13-14-25(36)37)10-2-1-7-17-34-18-20-8-3-5-15-32(20)29(34)33-16-6-4-9-21(33)19-34/h3-6,8-9,15-16,23-24,29H,1-2,7,10-14,17-19H2,(H2-3,30,31,36,37,38,39,40,41,42)/p+3/t23-,24-,29?,34?/m0/s1. The second-order valence-electron chi connectivity index (χ2n) is 11.0. The molecule has 2 aliphatic heterocycles. The average Bonchev–Trinajstić information content (AvgIpc) is 3.43. The quantitative estimate of drug-likeness (QED) is 0.111. The molecular formula is C29H38N5O8+3. The lowest BCUT2D eigenvalue weighted by molar-refractivity contribution is -1.16. The van der Waals surface area contributed by atoms with Crippen molar-refractivity contribution in [1.82, 2.24) is 10.6 Å². The number of carboxylic acid groups (broad SMARTS) is 3. The topological polar surface area (TPSA) is 178 Å². The number of aliphatic carboxylic acids is 3.